The Balaban J connectivity index is 1.43. The smallest absolute Gasteiger partial charge is 0.407 e. The number of carbonyl (C=O) groups excluding carboxylic acids is 3. The van der Waals surface area contributed by atoms with Gasteiger partial charge in [0.25, 0.3) is 0 Å². The highest BCUT2D eigenvalue weighted by Gasteiger charge is 2.30. The van der Waals surface area contributed by atoms with Crippen LogP contribution in [0, 0.1) is 0 Å². The van der Waals surface area contributed by atoms with Crippen molar-refractivity contribution in [3.05, 3.63) is 89.5 Å². The molecule has 0 aliphatic heterocycles. The van der Waals surface area contributed by atoms with E-state index in [9.17, 15) is 19.2 Å². The Morgan fingerprint density at radius 3 is 2.00 bits per heavy atom. The molecule has 42 heavy (non-hydrogen) atoms. The molecule has 0 radical (unpaired) electrons. The summed E-state index contributed by atoms with van der Waals surface area (Å²) in [6.45, 7) is 4.86. The fourth-order valence-electron chi connectivity index (χ4n) is 4.80. The molecule has 220 valence electrons. The third-order valence-electron chi connectivity index (χ3n) is 6.60. The summed E-state index contributed by atoms with van der Waals surface area (Å²) in [5.41, 5.74) is 4.68. The topological polar surface area (TPSA) is 143 Å². The fourth-order valence-corrected chi connectivity index (χ4v) is 4.80. The van der Waals surface area contributed by atoms with E-state index in [2.05, 4.69) is 16.0 Å². The number of hydrogen-bond donors (Lipinski definition) is 4. The Labute approximate surface area is 244 Å². The van der Waals surface area contributed by atoms with Gasteiger partial charge >= 0.3 is 12.1 Å². The first-order chi connectivity index (χ1) is 20.0. The highest BCUT2D eigenvalue weighted by atomic mass is 16.5. The molecule has 0 saturated heterocycles. The molecule has 10 nitrogen and oxygen atoms in total. The first kappa shape index (κ1) is 30.1. The van der Waals surface area contributed by atoms with Gasteiger partial charge in [-0.1, -0.05) is 60.7 Å². The van der Waals surface area contributed by atoms with Gasteiger partial charge in [0, 0.05) is 12.3 Å². The maximum absolute atomic E-state index is 13.1. The zero-order valence-corrected chi connectivity index (χ0v) is 23.8. The number of fused-ring (bicyclic) bond motifs is 3. The normalized spacial score (nSPS) is 12.8. The molecule has 0 heterocycles. The van der Waals surface area contributed by atoms with Gasteiger partial charge in [-0.25, -0.2) is 4.79 Å². The second-order valence-electron chi connectivity index (χ2n) is 11.0. The number of nitrogens with one attached hydrogen (secondary N) is 3. The molecule has 0 aromatic heterocycles. The van der Waals surface area contributed by atoms with Crippen LogP contribution >= 0.6 is 0 Å². The van der Waals surface area contributed by atoms with Crippen LogP contribution in [0.25, 0.3) is 11.1 Å². The van der Waals surface area contributed by atoms with E-state index >= 15 is 0 Å². The highest BCUT2D eigenvalue weighted by Crippen LogP contribution is 2.44. The monoisotopic (exact) mass is 573 g/mol. The van der Waals surface area contributed by atoms with Crippen LogP contribution in [0.5, 0.6) is 5.75 Å². The van der Waals surface area contributed by atoms with Crippen LogP contribution in [-0.2, 0) is 25.5 Å². The molecule has 0 saturated carbocycles. The van der Waals surface area contributed by atoms with Gasteiger partial charge in [0.2, 0.25) is 11.8 Å². The van der Waals surface area contributed by atoms with E-state index in [1.165, 1.54) is 0 Å². The van der Waals surface area contributed by atoms with Crippen molar-refractivity contribution in [2.45, 2.75) is 44.8 Å². The predicted octanol–water partition coefficient (Wildman–Crippen LogP) is 3.63. The number of carbonyl (C=O) groups is 4. The van der Waals surface area contributed by atoms with Crippen molar-refractivity contribution >= 4 is 23.9 Å². The summed E-state index contributed by atoms with van der Waals surface area (Å²) >= 11 is 0. The first-order valence-corrected chi connectivity index (χ1v) is 13.7. The summed E-state index contributed by atoms with van der Waals surface area (Å²) in [5.74, 6) is -1.99. The van der Waals surface area contributed by atoms with Gasteiger partial charge in [-0.05, 0) is 60.7 Å². The molecule has 0 spiro atoms. The zero-order chi connectivity index (χ0) is 30.3. The molecule has 4 N–H and O–H groups in total. The number of hydrogen-bond acceptors (Lipinski definition) is 6. The van der Waals surface area contributed by atoms with Gasteiger partial charge in [0.05, 0.1) is 6.54 Å². The van der Waals surface area contributed by atoms with E-state index < -0.39 is 43.0 Å². The van der Waals surface area contributed by atoms with Crippen LogP contribution in [0.1, 0.15) is 43.4 Å². The van der Waals surface area contributed by atoms with Gasteiger partial charge in [0.15, 0.2) is 0 Å². The lowest BCUT2D eigenvalue weighted by molar-refractivity contribution is -0.137. The molecule has 3 amide bonds. The number of ether oxygens (including phenoxy) is 2. The van der Waals surface area contributed by atoms with Crippen LogP contribution in [0.15, 0.2) is 72.8 Å². The number of amides is 3. The van der Waals surface area contributed by atoms with Crippen LogP contribution in [0.3, 0.4) is 0 Å². The van der Waals surface area contributed by atoms with Crippen molar-refractivity contribution in [2.24, 2.45) is 0 Å². The van der Waals surface area contributed by atoms with Crippen molar-refractivity contribution in [3.63, 3.8) is 0 Å². The maximum Gasteiger partial charge on any atom is 0.407 e. The number of carboxylic acid groups (broad SMARTS) is 1. The van der Waals surface area contributed by atoms with Crippen molar-refractivity contribution in [1.82, 2.24) is 16.0 Å². The summed E-state index contributed by atoms with van der Waals surface area (Å²) in [6.07, 6.45) is -0.664. The van der Waals surface area contributed by atoms with E-state index in [4.69, 9.17) is 14.6 Å². The molecule has 0 fully saturated rings. The van der Waals surface area contributed by atoms with E-state index in [1.54, 1.807) is 24.3 Å². The lowest BCUT2D eigenvalue weighted by Gasteiger charge is -2.22. The lowest BCUT2D eigenvalue weighted by Crippen LogP contribution is -2.50. The largest absolute Gasteiger partial charge is 0.488 e. The summed E-state index contributed by atoms with van der Waals surface area (Å²) in [6, 6.07) is 22.0. The van der Waals surface area contributed by atoms with Crippen molar-refractivity contribution in [1.29, 1.82) is 0 Å². The standard InChI is InChI=1S/C32H35N3O7/c1-32(2,3)42-21-14-12-20(13-15-21)16-27(30(39)34-17-28(36)33-18-29(37)38)35-31(40)41-19-26-24-10-6-4-8-22(24)23-9-5-7-11-25(23)26/h4-15,26-27H,16-19H2,1-3H3,(H,33,36)(H,34,39)(H,35,40)(H,37,38)/t27-/m0/s1. The van der Waals surface area contributed by atoms with Crippen molar-refractivity contribution in [2.75, 3.05) is 19.7 Å². The molecule has 0 unspecified atom stereocenters. The van der Waals surface area contributed by atoms with Crippen LogP contribution in [0.2, 0.25) is 0 Å². The van der Waals surface area contributed by atoms with E-state index in [-0.39, 0.29) is 24.5 Å². The molecule has 3 aromatic rings. The molecule has 1 aliphatic carbocycles. The average molecular weight is 574 g/mol. The fraction of sp³-hybridized carbons (Fsp3) is 0.312. The van der Waals surface area contributed by atoms with Crippen LogP contribution in [-0.4, -0.2) is 60.3 Å². The van der Waals surface area contributed by atoms with Crippen LogP contribution < -0.4 is 20.7 Å². The van der Waals surface area contributed by atoms with Gasteiger partial charge in [-0.3, -0.25) is 14.4 Å². The summed E-state index contributed by atoms with van der Waals surface area (Å²) in [4.78, 5) is 48.7. The number of benzene rings is 3. The first-order valence-electron chi connectivity index (χ1n) is 13.7. The minimum Gasteiger partial charge on any atom is -0.488 e. The van der Waals surface area contributed by atoms with Gasteiger partial charge in [0.1, 0.15) is 30.5 Å². The Morgan fingerprint density at radius 1 is 0.833 bits per heavy atom. The third kappa shape index (κ3) is 8.09. The average Bonchev–Trinajstić information content (AvgIpc) is 3.27. The van der Waals surface area contributed by atoms with Crippen LogP contribution in [0.4, 0.5) is 4.79 Å². The molecule has 1 aliphatic rings. The van der Waals surface area contributed by atoms with E-state index in [1.807, 2.05) is 69.3 Å². The van der Waals surface area contributed by atoms with Gasteiger partial charge in [-0.15, -0.1) is 0 Å². The molecular formula is C32H35N3O7. The number of aliphatic carboxylic acids is 1. The van der Waals surface area contributed by atoms with Crippen molar-refractivity contribution < 1.29 is 33.8 Å². The Bertz CT molecular complexity index is 1400. The molecule has 0 bridgehead atoms. The quantitative estimate of drug-likeness (QED) is 0.274. The lowest BCUT2D eigenvalue weighted by atomic mass is 9.98. The second-order valence-corrected chi connectivity index (χ2v) is 11.0. The molecule has 3 aromatic carbocycles. The summed E-state index contributed by atoms with van der Waals surface area (Å²) in [5, 5.41) is 16.0. The minimum atomic E-state index is -1.21. The summed E-state index contributed by atoms with van der Waals surface area (Å²) < 4.78 is 11.5. The predicted molar refractivity (Wildman–Crippen MR) is 156 cm³/mol. The van der Waals surface area contributed by atoms with E-state index in [0.29, 0.717) is 5.75 Å². The Kier molecular flexibility index (Phi) is 9.46. The molecule has 1 atom stereocenters. The Morgan fingerprint density at radius 2 is 1.43 bits per heavy atom. The SMILES string of the molecule is CC(C)(C)Oc1ccc(C[C@H](NC(=O)OCC2c3ccccc3-c3ccccc32)C(=O)NCC(=O)NCC(=O)O)cc1. The molecule has 10 heteroatoms. The molecule has 4 rings (SSSR count). The number of carboxylic acids is 1. The maximum atomic E-state index is 13.1. The molecular weight excluding hydrogens is 538 g/mol. The zero-order valence-electron chi connectivity index (χ0n) is 23.8. The summed E-state index contributed by atoms with van der Waals surface area (Å²) in [7, 11) is 0. The minimum absolute atomic E-state index is 0.0740. The highest BCUT2D eigenvalue weighted by molar-refractivity contribution is 5.90. The van der Waals surface area contributed by atoms with Gasteiger partial charge < -0.3 is 30.5 Å². The van der Waals surface area contributed by atoms with Gasteiger partial charge in [-0.2, -0.15) is 0 Å². The third-order valence-corrected chi connectivity index (χ3v) is 6.60. The number of rotatable bonds is 11. The van der Waals surface area contributed by atoms with E-state index in [0.717, 1.165) is 27.8 Å². The Hall–Kier alpha value is -4.86. The number of alkyl carbamates (subject to hydrolysis) is 1. The second kappa shape index (κ2) is 13.2. The van der Waals surface area contributed by atoms with Crippen molar-refractivity contribution in [3.8, 4) is 16.9 Å².